The van der Waals surface area contributed by atoms with Crippen LogP contribution in [0, 0.1) is 0 Å². The minimum Gasteiger partial charge on any atom is -0.614 e. The topological polar surface area (TPSA) is 98.8 Å². The number of hydrogen-bond acceptors (Lipinski definition) is 5. The average molecular weight is 424 g/mol. The molecule has 1 saturated heterocycles. The van der Waals surface area contributed by atoms with Gasteiger partial charge in [0.15, 0.2) is 6.04 Å². The van der Waals surface area contributed by atoms with Gasteiger partial charge >= 0.3 is 5.97 Å². The molecule has 0 aliphatic carbocycles. The summed E-state index contributed by atoms with van der Waals surface area (Å²) in [6.45, 7) is 1.73. The highest BCUT2D eigenvalue weighted by atomic mass is 32.2. The molecule has 0 aromatic heterocycles. The molecule has 0 saturated carbocycles. The molecule has 0 bridgehead atoms. The average Bonchev–Trinajstić information content (AvgIpc) is 2.76. The van der Waals surface area contributed by atoms with Gasteiger partial charge in [-0.05, 0) is 35.8 Å². The van der Waals surface area contributed by atoms with E-state index in [-0.39, 0.29) is 18.1 Å². The van der Waals surface area contributed by atoms with Crippen molar-refractivity contribution in [1.82, 2.24) is 10.2 Å². The Balaban J connectivity index is 1.48. The van der Waals surface area contributed by atoms with E-state index in [4.69, 9.17) is 4.74 Å². The molecule has 30 heavy (non-hydrogen) atoms. The molecule has 2 heterocycles. The van der Waals surface area contributed by atoms with E-state index in [9.17, 15) is 18.9 Å². The van der Waals surface area contributed by atoms with Crippen molar-refractivity contribution in [3.05, 3.63) is 83.1 Å². The number of fused-ring (bicyclic) bond motifs is 1. The van der Waals surface area contributed by atoms with Gasteiger partial charge in [0.2, 0.25) is 5.37 Å². The second kappa shape index (κ2) is 8.33. The number of hydrogen-bond donors (Lipinski definition) is 1. The molecule has 2 amide bonds. The third-order valence-corrected chi connectivity index (χ3v) is 6.78. The third kappa shape index (κ3) is 3.71. The van der Waals surface area contributed by atoms with Crippen molar-refractivity contribution in [3.8, 4) is 0 Å². The van der Waals surface area contributed by atoms with E-state index >= 15 is 0 Å². The molecule has 3 atom stereocenters. The van der Waals surface area contributed by atoms with Crippen molar-refractivity contribution in [3.63, 3.8) is 0 Å². The quantitative estimate of drug-likeness (QED) is 0.448. The lowest BCUT2D eigenvalue weighted by atomic mass is 10.0. The summed E-state index contributed by atoms with van der Waals surface area (Å²) in [5.41, 5.74) is 1.87. The van der Waals surface area contributed by atoms with Gasteiger partial charge in [-0.3, -0.25) is 14.5 Å². The monoisotopic (exact) mass is 424 g/mol. The van der Waals surface area contributed by atoms with E-state index in [1.807, 2.05) is 30.3 Å². The van der Waals surface area contributed by atoms with Crippen molar-refractivity contribution in [2.75, 3.05) is 5.75 Å². The van der Waals surface area contributed by atoms with Gasteiger partial charge in [-0.15, -0.1) is 0 Å². The van der Waals surface area contributed by atoms with Crippen molar-refractivity contribution >= 4 is 29.0 Å². The van der Waals surface area contributed by atoms with Crippen LogP contribution in [0.4, 0.5) is 0 Å². The molecule has 0 radical (unpaired) electrons. The highest BCUT2D eigenvalue weighted by Gasteiger charge is 2.60. The summed E-state index contributed by atoms with van der Waals surface area (Å²) in [7, 11) is 0. The maximum atomic E-state index is 12.8. The smallest absolute Gasteiger partial charge is 0.355 e. The fourth-order valence-corrected chi connectivity index (χ4v) is 5.22. The van der Waals surface area contributed by atoms with Crippen LogP contribution in [0.5, 0.6) is 0 Å². The number of carbonyl (C=O) groups is 3. The van der Waals surface area contributed by atoms with Crippen molar-refractivity contribution < 1.29 is 23.7 Å². The molecule has 1 N–H and O–H groups in total. The number of esters is 1. The molecule has 2 aromatic rings. The lowest BCUT2D eigenvalue weighted by Crippen LogP contribution is -2.74. The molecule has 8 heteroatoms. The van der Waals surface area contributed by atoms with Gasteiger partial charge < -0.3 is 14.6 Å². The predicted molar refractivity (Wildman–Crippen MR) is 110 cm³/mol. The first-order valence-electron chi connectivity index (χ1n) is 9.44. The lowest BCUT2D eigenvalue weighted by molar-refractivity contribution is -0.152. The Labute approximate surface area is 176 Å². The Morgan fingerprint density at radius 3 is 2.43 bits per heavy atom. The molecule has 2 aliphatic rings. The summed E-state index contributed by atoms with van der Waals surface area (Å²) in [5.74, 6) is -1.39. The number of amides is 2. The predicted octanol–water partition coefficient (Wildman–Crippen LogP) is 1.73. The normalized spacial score (nSPS) is 22.8. The zero-order valence-corrected chi connectivity index (χ0v) is 17.1. The van der Waals surface area contributed by atoms with E-state index < -0.39 is 40.4 Å². The molecule has 2 aromatic carbocycles. The molecule has 1 fully saturated rings. The summed E-state index contributed by atoms with van der Waals surface area (Å²) in [6, 6.07) is 16.7. The van der Waals surface area contributed by atoms with Crippen molar-refractivity contribution in [1.29, 1.82) is 0 Å². The number of nitrogens with one attached hydrogen (secondary N) is 1. The Hall–Kier alpha value is -3.10. The SMILES string of the molecule is CC1=C(C(=O)OCc2ccccc2)N2C(=O)C(NC(=O)c3ccccc3)[C@@H]2[S+]([O-])C1. The Morgan fingerprint density at radius 1 is 1.13 bits per heavy atom. The minimum atomic E-state index is -1.43. The molecule has 2 aliphatic heterocycles. The van der Waals surface area contributed by atoms with Crippen LogP contribution in [0.1, 0.15) is 22.8 Å². The van der Waals surface area contributed by atoms with Crippen LogP contribution in [-0.2, 0) is 32.1 Å². The first-order chi connectivity index (χ1) is 14.5. The fraction of sp³-hybridized carbons (Fsp3) is 0.227. The van der Waals surface area contributed by atoms with Gasteiger partial charge in [-0.2, -0.15) is 0 Å². The highest BCUT2D eigenvalue weighted by molar-refractivity contribution is 7.92. The Kier molecular flexibility index (Phi) is 5.61. The van der Waals surface area contributed by atoms with E-state index in [0.29, 0.717) is 11.1 Å². The van der Waals surface area contributed by atoms with Crippen LogP contribution in [0.25, 0.3) is 0 Å². The summed E-state index contributed by atoms with van der Waals surface area (Å²) >= 11 is -1.43. The molecule has 7 nitrogen and oxygen atoms in total. The third-order valence-electron chi connectivity index (χ3n) is 5.05. The van der Waals surface area contributed by atoms with Crippen LogP contribution >= 0.6 is 0 Å². The highest BCUT2D eigenvalue weighted by Crippen LogP contribution is 2.37. The van der Waals surface area contributed by atoms with Gasteiger partial charge in [0.05, 0.1) is 0 Å². The molecular weight excluding hydrogens is 404 g/mol. The van der Waals surface area contributed by atoms with Crippen molar-refractivity contribution in [2.24, 2.45) is 0 Å². The number of carbonyl (C=O) groups excluding carboxylic acids is 3. The van der Waals surface area contributed by atoms with Crippen molar-refractivity contribution in [2.45, 2.75) is 24.9 Å². The van der Waals surface area contributed by atoms with Gasteiger partial charge in [0, 0.05) is 11.1 Å². The Bertz CT molecular complexity index is 1010. The van der Waals surface area contributed by atoms with Crippen LogP contribution in [0.3, 0.4) is 0 Å². The fourth-order valence-electron chi connectivity index (χ4n) is 3.55. The van der Waals surface area contributed by atoms with Crippen LogP contribution < -0.4 is 5.32 Å². The van der Waals surface area contributed by atoms with E-state index in [1.165, 1.54) is 4.90 Å². The molecule has 0 spiro atoms. The first kappa shape index (κ1) is 20.2. The second-order valence-electron chi connectivity index (χ2n) is 7.13. The van der Waals surface area contributed by atoms with E-state index in [1.54, 1.807) is 37.3 Å². The zero-order valence-electron chi connectivity index (χ0n) is 16.2. The minimum absolute atomic E-state index is 0.0699. The maximum Gasteiger partial charge on any atom is 0.355 e. The summed E-state index contributed by atoms with van der Waals surface area (Å²) in [6.07, 6.45) is 0. The van der Waals surface area contributed by atoms with Gasteiger partial charge in [-0.1, -0.05) is 48.5 Å². The van der Waals surface area contributed by atoms with E-state index in [2.05, 4.69) is 5.32 Å². The molecule has 4 rings (SSSR count). The van der Waals surface area contributed by atoms with Gasteiger partial charge in [0.25, 0.3) is 11.8 Å². The second-order valence-corrected chi connectivity index (χ2v) is 8.66. The number of rotatable bonds is 5. The van der Waals surface area contributed by atoms with Crippen LogP contribution in [0.2, 0.25) is 0 Å². The van der Waals surface area contributed by atoms with Gasteiger partial charge in [0.1, 0.15) is 18.1 Å². The first-order valence-corrected chi connectivity index (χ1v) is 10.8. The molecular formula is C22H20N2O5S. The zero-order chi connectivity index (χ0) is 21.3. The van der Waals surface area contributed by atoms with E-state index in [0.717, 1.165) is 5.56 Å². The van der Waals surface area contributed by atoms with Crippen LogP contribution in [-0.4, -0.2) is 44.4 Å². The summed E-state index contributed by atoms with van der Waals surface area (Å²) < 4.78 is 18.1. The number of nitrogens with zero attached hydrogens (tertiary/aromatic N) is 1. The number of ether oxygens (including phenoxy) is 1. The largest absolute Gasteiger partial charge is 0.614 e. The Morgan fingerprint density at radius 2 is 1.77 bits per heavy atom. The lowest BCUT2D eigenvalue weighted by Gasteiger charge is -2.49. The maximum absolute atomic E-state index is 12.8. The summed E-state index contributed by atoms with van der Waals surface area (Å²) in [5, 5.41) is 1.86. The number of benzene rings is 2. The standard InChI is InChI=1S/C22H20N2O5S/c1-14-13-30(28)21-17(23-19(25)16-10-6-3-7-11-16)20(26)24(21)18(14)22(27)29-12-15-8-4-2-5-9-15/h2-11,17,21H,12-13H2,1H3,(H,23,25)/t17?,21-,30?/m0/s1. The molecule has 2 unspecified atom stereocenters. The molecule has 154 valence electrons. The van der Waals surface area contributed by atoms with Crippen LogP contribution in [0.15, 0.2) is 71.9 Å². The number of β-lactam (4-membered cyclic amide) rings is 1. The van der Waals surface area contributed by atoms with Gasteiger partial charge in [-0.25, -0.2) is 4.79 Å². The summed E-state index contributed by atoms with van der Waals surface area (Å²) in [4.78, 5) is 39.1.